The topological polar surface area (TPSA) is 59.0 Å². The average Bonchev–Trinajstić information content (AvgIpc) is 2.51. The Morgan fingerprint density at radius 1 is 1.38 bits per heavy atom. The summed E-state index contributed by atoms with van der Waals surface area (Å²) >= 11 is 0. The lowest BCUT2D eigenvalue weighted by Gasteiger charge is -2.39. The van der Waals surface area contributed by atoms with Crippen molar-refractivity contribution in [3.63, 3.8) is 0 Å². The number of fused-ring (bicyclic) bond motifs is 1. The van der Waals surface area contributed by atoms with E-state index >= 15 is 0 Å². The fourth-order valence-electron chi connectivity index (χ4n) is 3.26. The first kappa shape index (κ1) is 18.6. The highest BCUT2D eigenvalue weighted by atomic mass is 16.6. The second-order valence-electron chi connectivity index (χ2n) is 7.25. The van der Waals surface area contributed by atoms with E-state index in [1.54, 1.807) is 12.0 Å². The normalized spacial score (nSPS) is 20.2. The molecule has 0 radical (unpaired) electrons. The van der Waals surface area contributed by atoms with Gasteiger partial charge in [-0.15, -0.1) is 0 Å². The van der Waals surface area contributed by atoms with E-state index in [9.17, 15) is 9.90 Å². The number of nitrogens with zero attached hydrogens (tertiary/aromatic N) is 1. The third-order valence-electron chi connectivity index (χ3n) is 4.26. The van der Waals surface area contributed by atoms with Crippen LogP contribution < -0.4 is 4.74 Å². The molecule has 1 aromatic rings. The molecule has 0 spiro atoms. The highest BCUT2D eigenvalue weighted by Crippen LogP contribution is 2.38. The Morgan fingerprint density at radius 3 is 2.67 bits per heavy atom. The maximum atomic E-state index is 12.6. The van der Waals surface area contributed by atoms with Crippen LogP contribution in [0.4, 0.5) is 4.79 Å². The average molecular weight is 335 g/mol. The van der Waals surface area contributed by atoms with Gasteiger partial charge in [-0.2, -0.15) is 0 Å². The molecule has 1 aliphatic carbocycles. The standard InChI is InChI=1S/C19H29NO4/c1-6-12-20(18(22)24-19(2,3)4)15-11-10-13-14(17(15)21)8-7-9-16(13)23-5/h7-9,15,17,21H,6,10-12H2,1-5H3/t15-,17-/m0/s1. The van der Waals surface area contributed by atoms with Gasteiger partial charge in [0.25, 0.3) is 0 Å². The molecular formula is C19H29NO4. The molecule has 0 aliphatic heterocycles. The fourth-order valence-corrected chi connectivity index (χ4v) is 3.26. The summed E-state index contributed by atoms with van der Waals surface area (Å²) in [6.45, 7) is 8.14. The summed E-state index contributed by atoms with van der Waals surface area (Å²) in [6, 6.07) is 5.41. The van der Waals surface area contributed by atoms with Gasteiger partial charge in [0.2, 0.25) is 0 Å². The summed E-state index contributed by atoms with van der Waals surface area (Å²) in [5.74, 6) is 0.796. The molecule has 134 valence electrons. The zero-order chi connectivity index (χ0) is 17.9. The van der Waals surface area contributed by atoms with Gasteiger partial charge < -0.3 is 19.5 Å². The molecule has 2 rings (SSSR count). The quantitative estimate of drug-likeness (QED) is 0.911. The number of carbonyl (C=O) groups is 1. The van der Waals surface area contributed by atoms with Crippen molar-refractivity contribution in [1.29, 1.82) is 0 Å². The van der Waals surface area contributed by atoms with Gasteiger partial charge in [-0.3, -0.25) is 0 Å². The van der Waals surface area contributed by atoms with Crippen LogP contribution in [0.1, 0.15) is 57.8 Å². The van der Waals surface area contributed by atoms with E-state index in [4.69, 9.17) is 9.47 Å². The first-order valence-corrected chi connectivity index (χ1v) is 8.62. The van der Waals surface area contributed by atoms with Crippen LogP contribution in [0, 0.1) is 0 Å². The number of ether oxygens (including phenoxy) is 2. The first-order chi connectivity index (χ1) is 11.3. The van der Waals surface area contributed by atoms with Crippen LogP contribution in [0.25, 0.3) is 0 Å². The molecule has 1 amide bonds. The third kappa shape index (κ3) is 4.01. The van der Waals surface area contributed by atoms with Gasteiger partial charge in [0.05, 0.1) is 19.3 Å². The van der Waals surface area contributed by atoms with Crippen molar-refractivity contribution in [3.8, 4) is 5.75 Å². The van der Waals surface area contributed by atoms with Crippen LogP contribution in [-0.2, 0) is 11.2 Å². The van der Waals surface area contributed by atoms with Gasteiger partial charge in [0.15, 0.2) is 0 Å². The van der Waals surface area contributed by atoms with Crippen LogP contribution in [0.15, 0.2) is 18.2 Å². The highest BCUT2D eigenvalue weighted by molar-refractivity contribution is 5.69. The summed E-state index contributed by atoms with van der Waals surface area (Å²) in [7, 11) is 1.64. The second kappa shape index (κ2) is 7.43. The summed E-state index contributed by atoms with van der Waals surface area (Å²) in [5, 5.41) is 10.9. The molecule has 0 aromatic heterocycles. The Morgan fingerprint density at radius 2 is 2.08 bits per heavy atom. The van der Waals surface area contributed by atoms with E-state index in [2.05, 4.69) is 0 Å². The Kier molecular flexibility index (Phi) is 5.75. The van der Waals surface area contributed by atoms with Crippen LogP contribution in [0.3, 0.4) is 0 Å². The zero-order valence-corrected chi connectivity index (χ0v) is 15.3. The molecule has 2 atom stereocenters. The van der Waals surface area contributed by atoms with Gasteiger partial charge in [-0.25, -0.2) is 4.79 Å². The second-order valence-corrected chi connectivity index (χ2v) is 7.25. The molecule has 0 unspecified atom stereocenters. The van der Waals surface area contributed by atoms with Gasteiger partial charge in [-0.05, 0) is 51.7 Å². The molecule has 0 bridgehead atoms. The first-order valence-electron chi connectivity index (χ1n) is 8.62. The molecular weight excluding hydrogens is 306 g/mol. The van der Waals surface area contributed by atoms with Crippen molar-refractivity contribution >= 4 is 6.09 Å². The van der Waals surface area contributed by atoms with E-state index in [0.717, 1.165) is 29.7 Å². The Labute approximate surface area is 144 Å². The Bertz CT molecular complexity index is 579. The third-order valence-corrected chi connectivity index (χ3v) is 4.26. The maximum absolute atomic E-state index is 12.6. The van der Waals surface area contributed by atoms with Crippen molar-refractivity contribution in [2.45, 2.75) is 64.7 Å². The summed E-state index contributed by atoms with van der Waals surface area (Å²) < 4.78 is 10.9. The number of carbonyl (C=O) groups excluding carboxylic acids is 1. The Hall–Kier alpha value is -1.75. The van der Waals surface area contributed by atoms with E-state index in [0.29, 0.717) is 13.0 Å². The number of rotatable bonds is 4. The van der Waals surface area contributed by atoms with Crippen molar-refractivity contribution in [2.24, 2.45) is 0 Å². The minimum atomic E-state index is -0.733. The zero-order valence-electron chi connectivity index (χ0n) is 15.3. The molecule has 0 saturated carbocycles. The van der Waals surface area contributed by atoms with E-state index in [1.807, 2.05) is 45.9 Å². The number of hydrogen-bond donors (Lipinski definition) is 1. The predicted octanol–water partition coefficient (Wildman–Crippen LogP) is 3.69. The number of hydrogen-bond acceptors (Lipinski definition) is 4. The van der Waals surface area contributed by atoms with Crippen molar-refractivity contribution < 1.29 is 19.4 Å². The number of amides is 1. The molecule has 0 heterocycles. The largest absolute Gasteiger partial charge is 0.496 e. The number of aliphatic hydroxyl groups excluding tert-OH is 1. The molecule has 1 N–H and O–H groups in total. The molecule has 1 aliphatic rings. The molecule has 24 heavy (non-hydrogen) atoms. The van der Waals surface area contributed by atoms with Gasteiger partial charge in [0.1, 0.15) is 11.4 Å². The summed E-state index contributed by atoms with van der Waals surface area (Å²) in [5.41, 5.74) is 1.32. The lowest BCUT2D eigenvalue weighted by atomic mass is 9.84. The Balaban J connectivity index is 2.27. The number of methoxy groups -OCH3 is 1. The van der Waals surface area contributed by atoms with Crippen LogP contribution >= 0.6 is 0 Å². The van der Waals surface area contributed by atoms with Crippen molar-refractivity contribution in [3.05, 3.63) is 29.3 Å². The summed E-state index contributed by atoms with van der Waals surface area (Å²) in [6.07, 6.45) is 1.17. The lowest BCUT2D eigenvalue weighted by Crippen LogP contribution is -2.48. The van der Waals surface area contributed by atoms with Gasteiger partial charge in [-0.1, -0.05) is 19.1 Å². The van der Waals surface area contributed by atoms with E-state index in [-0.39, 0.29) is 12.1 Å². The minimum Gasteiger partial charge on any atom is -0.496 e. The van der Waals surface area contributed by atoms with Crippen molar-refractivity contribution in [2.75, 3.05) is 13.7 Å². The maximum Gasteiger partial charge on any atom is 0.410 e. The lowest BCUT2D eigenvalue weighted by molar-refractivity contribution is -0.0110. The van der Waals surface area contributed by atoms with Crippen LogP contribution in [0.2, 0.25) is 0 Å². The van der Waals surface area contributed by atoms with E-state index < -0.39 is 11.7 Å². The molecule has 5 nitrogen and oxygen atoms in total. The molecule has 0 saturated heterocycles. The fraction of sp³-hybridized carbons (Fsp3) is 0.632. The van der Waals surface area contributed by atoms with Crippen LogP contribution in [0.5, 0.6) is 5.75 Å². The predicted molar refractivity (Wildman–Crippen MR) is 93.3 cm³/mol. The van der Waals surface area contributed by atoms with Crippen molar-refractivity contribution in [1.82, 2.24) is 4.90 Å². The van der Waals surface area contributed by atoms with E-state index in [1.165, 1.54) is 0 Å². The number of benzene rings is 1. The summed E-state index contributed by atoms with van der Waals surface area (Å²) in [4.78, 5) is 14.3. The SMILES string of the molecule is CCCN(C(=O)OC(C)(C)C)[C@H]1CCc2c(OC)cccc2[C@@H]1O. The van der Waals surface area contributed by atoms with Gasteiger partial charge in [0, 0.05) is 12.1 Å². The monoisotopic (exact) mass is 335 g/mol. The molecule has 1 aromatic carbocycles. The number of aliphatic hydroxyl groups is 1. The molecule has 5 heteroatoms. The minimum absolute atomic E-state index is 0.278. The highest BCUT2D eigenvalue weighted by Gasteiger charge is 2.37. The molecule has 0 fully saturated rings. The van der Waals surface area contributed by atoms with Crippen LogP contribution in [-0.4, -0.2) is 41.4 Å². The van der Waals surface area contributed by atoms with Gasteiger partial charge >= 0.3 is 6.09 Å². The smallest absolute Gasteiger partial charge is 0.410 e.